The van der Waals surface area contributed by atoms with Crippen LogP contribution in [0.2, 0.25) is 0 Å². The number of rotatable bonds is 4. The molecule has 6 nitrogen and oxygen atoms in total. The van der Waals surface area contributed by atoms with E-state index in [4.69, 9.17) is 0 Å². The number of hydrogen-bond donors (Lipinski definition) is 1. The van der Waals surface area contributed by atoms with Crippen molar-refractivity contribution in [1.29, 1.82) is 0 Å². The molecule has 0 saturated carbocycles. The Morgan fingerprint density at radius 3 is 2.75 bits per heavy atom. The van der Waals surface area contributed by atoms with Crippen molar-refractivity contribution in [2.75, 3.05) is 0 Å². The monoisotopic (exact) mass is 297 g/mol. The van der Waals surface area contributed by atoms with Gasteiger partial charge in [-0.2, -0.15) is 5.10 Å². The second-order valence-electron chi connectivity index (χ2n) is 5.03. The summed E-state index contributed by atoms with van der Waals surface area (Å²) in [4.78, 5) is 11.9. The number of hydrogen-bond acceptors (Lipinski definition) is 4. The van der Waals surface area contributed by atoms with E-state index in [2.05, 4.69) is 9.82 Å². The molecule has 0 aliphatic heterocycles. The molecule has 0 saturated heterocycles. The fourth-order valence-corrected chi connectivity index (χ4v) is 3.44. The van der Waals surface area contributed by atoms with Crippen molar-refractivity contribution in [2.45, 2.75) is 43.9 Å². The highest BCUT2D eigenvalue weighted by Crippen LogP contribution is 2.20. The molecule has 0 radical (unpaired) electrons. The van der Waals surface area contributed by atoms with Gasteiger partial charge < -0.3 is 0 Å². The van der Waals surface area contributed by atoms with Crippen molar-refractivity contribution < 1.29 is 13.2 Å². The zero-order valence-electron chi connectivity index (χ0n) is 11.7. The van der Waals surface area contributed by atoms with Crippen LogP contribution < -0.4 is 4.72 Å². The normalized spacial score (nSPS) is 15.8. The van der Waals surface area contributed by atoms with Gasteiger partial charge in [0, 0.05) is 13.5 Å². The van der Waals surface area contributed by atoms with E-state index in [1.807, 2.05) is 6.08 Å². The Hall–Kier alpha value is -1.63. The number of aromatic nitrogens is 2. The van der Waals surface area contributed by atoms with Crippen molar-refractivity contribution in [1.82, 2.24) is 14.5 Å². The van der Waals surface area contributed by atoms with Crippen LogP contribution in [0.1, 0.15) is 37.8 Å². The molecule has 0 aromatic carbocycles. The Morgan fingerprint density at radius 1 is 1.45 bits per heavy atom. The van der Waals surface area contributed by atoms with Gasteiger partial charge in [-0.15, -0.1) is 0 Å². The summed E-state index contributed by atoms with van der Waals surface area (Å²) >= 11 is 0. The number of nitrogens with one attached hydrogen (secondary N) is 1. The Kier molecular flexibility index (Phi) is 4.27. The lowest BCUT2D eigenvalue weighted by molar-refractivity contribution is -0.118. The van der Waals surface area contributed by atoms with Crippen molar-refractivity contribution in [2.24, 2.45) is 7.05 Å². The molecule has 1 heterocycles. The van der Waals surface area contributed by atoms with E-state index in [1.165, 1.54) is 10.9 Å². The van der Waals surface area contributed by atoms with E-state index >= 15 is 0 Å². The van der Waals surface area contributed by atoms with E-state index in [0.717, 1.165) is 31.3 Å². The predicted octanol–water partition coefficient (Wildman–Crippen LogP) is 1.42. The third-order valence-corrected chi connectivity index (χ3v) is 4.98. The number of sulfonamides is 1. The van der Waals surface area contributed by atoms with E-state index < -0.39 is 15.9 Å². The van der Waals surface area contributed by atoms with Gasteiger partial charge in [0.2, 0.25) is 5.91 Å². The first kappa shape index (κ1) is 14.8. The van der Waals surface area contributed by atoms with Crippen LogP contribution in [0.15, 0.2) is 22.7 Å². The molecule has 1 aliphatic carbocycles. The Balaban J connectivity index is 2.06. The summed E-state index contributed by atoms with van der Waals surface area (Å²) in [5.74, 6) is -0.485. The van der Waals surface area contributed by atoms with Gasteiger partial charge in [0.05, 0.1) is 11.9 Å². The van der Waals surface area contributed by atoms with Gasteiger partial charge in [-0.25, -0.2) is 13.1 Å². The van der Waals surface area contributed by atoms with Gasteiger partial charge in [0.15, 0.2) is 0 Å². The van der Waals surface area contributed by atoms with Crippen molar-refractivity contribution in [3.63, 3.8) is 0 Å². The molecule has 0 atom stereocenters. The van der Waals surface area contributed by atoms with Crippen LogP contribution in [0.3, 0.4) is 0 Å². The zero-order chi connectivity index (χ0) is 14.8. The first-order valence-corrected chi connectivity index (χ1v) is 8.10. The Bertz CT molecular complexity index is 644. The molecule has 1 amide bonds. The molecule has 2 rings (SSSR count). The molecule has 0 bridgehead atoms. The first-order chi connectivity index (χ1) is 9.40. The smallest absolute Gasteiger partial charge is 0.267 e. The van der Waals surface area contributed by atoms with Gasteiger partial charge in [-0.3, -0.25) is 9.48 Å². The molecule has 0 unspecified atom stereocenters. The number of amides is 1. The largest absolute Gasteiger partial charge is 0.274 e. The van der Waals surface area contributed by atoms with Gasteiger partial charge in [0.1, 0.15) is 4.90 Å². The molecule has 0 fully saturated rings. The van der Waals surface area contributed by atoms with Crippen LogP contribution in [0, 0.1) is 6.92 Å². The molecule has 7 heteroatoms. The maximum atomic E-state index is 12.1. The predicted molar refractivity (Wildman–Crippen MR) is 74.4 cm³/mol. The minimum atomic E-state index is -3.83. The summed E-state index contributed by atoms with van der Waals surface area (Å²) in [7, 11) is -2.17. The van der Waals surface area contributed by atoms with Crippen LogP contribution in [-0.4, -0.2) is 24.1 Å². The molecule has 1 aromatic rings. The maximum absolute atomic E-state index is 12.1. The second kappa shape index (κ2) is 5.78. The first-order valence-electron chi connectivity index (χ1n) is 6.62. The second-order valence-corrected chi connectivity index (χ2v) is 6.68. The van der Waals surface area contributed by atoms with E-state index in [-0.39, 0.29) is 11.3 Å². The topological polar surface area (TPSA) is 81.1 Å². The quantitative estimate of drug-likeness (QED) is 0.852. The molecule has 0 spiro atoms. The molecule has 1 aromatic heterocycles. The van der Waals surface area contributed by atoms with Gasteiger partial charge in [0.25, 0.3) is 10.0 Å². The lowest BCUT2D eigenvalue weighted by atomic mass is 9.97. The third kappa shape index (κ3) is 3.27. The third-order valence-electron chi connectivity index (χ3n) is 3.50. The highest BCUT2D eigenvalue weighted by Gasteiger charge is 2.23. The van der Waals surface area contributed by atoms with Gasteiger partial charge in [-0.05, 0) is 32.6 Å². The van der Waals surface area contributed by atoms with Crippen LogP contribution >= 0.6 is 0 Å². The Labute approximate surface area is 118 Å². The van der Waals surface area contributed by atoms with Crippen LogP contribution in [0.5, 0.6) is 0 Å². The summed E-state index contributed by atoms with van der Waals surface area (Å²) < 4.78 is 27.8. The van der Waals surface area contributed by atoms with E-state index in [9.17, 15) is 13.2 Å². The molecular formula is C13H19N3O3S. The van der Waals surface area contributed by atoms with Crippen LogP contribution in [-0.2, 0) is 21.9 Å². The molecule has 1 aliphatic rings. The lowest BCUT2D eigenvalue weighted by Crippen LogP contribution is -2.31. The number of nitrogens with zero attached hydrogens (tertiary/aromatic N) is 2. The average Bonchev–Trinajstić information content (AvgIpc) is 2.71. The molecule has 1 N–H and O–H groups in total. The van der Waals surface area contributed by atoms with Crippen molar-refractivity contribution in [3.05, 3.63) is 23.5 Å². The van der Waals surface area contributed by atoms with E-state index in [1.54, 1.807) is 14.0 Å². The zero-order valence-corrected chi connectivity index (χ0v) is 12.5. The number of allylic oxidation sites excluding steroid dienone is 1. The summed E-state index contributed by atoms with van der Waals surface area (Å²) in [6, 6.07) is 0. The van der Waals surface area contributed by atoms with Crippen molar-refractivity contribution in [3.8, 4) is 0 Å². The molecular weight excluding hydrogens is 278 g/mol. The van der Waals surface area contributed by atoms with Crippen LogP contribution in [0.4, 0.5) is 0 Å². The lowest BCUT2D eigenvalue weighted by Gasteiger charge is -2.12. The number of aryl methyl sites for hydroxylation is 1. The van der Waals surface area contributed by atoms with Gasteiger partial charge >= 0.3 is 0 Å². The fourth-order valence-electron chi connectivity index (χ4n) is 2.25. The summed E-state index contributed by atoms with van der Waals surface area (Å²) in [5, 5.41) is 3.88. The van der Waals surface area contributed by atoms with Crippen LogP contribution in [0.25, 0.3) is 0 Å². The minimum Gasteiger partial charge on any atom is -0.274 e. The SMILES string of the molecule is Cc1c(S(=O)(=O)NC(=O)CC2=CCCCC2)cnn1C. The summed E-state index contributed by atoms with van der Waals surface area (Å²) in [6.45, 7) is 1.65. The standard InChI is InChI=1S/C13H19N3O3S/c1-10-12(9-14-16(10)2)20(18,19)15-13(17)8-11-6-4-3-5-7-11/h6,9H,3-5,7-8H2,1-2H3,(H,15,17). The molecule has 110 valence electrons. The molecule has 20 heavy (non-hydrogen) atoms. The minimum absolute atomic E-state index is 0.0472. The fraction of sp³-hybridized carbons (Fsp3) is 0.538. The highest BCUT2D eigenvalue weighted by atomic mass is 32.2. The summed E-state index contributed by atoms with van der Waals surface area (Å²) in [5.41, 5.74) is 1.52. The average molecular weight is 297 g/mol. The highest BCUT2D eigenvalue weighted by molar-refractivity contribution is 7.90. The number of carbonyl (C=O) groups excluding carboxylic acids is 1. The van der Waals surface area contributed by atoms with Gasteiger partial charge in [-0.1, -0.05) is 11.6 Å². The maximum Gasteiger partial charge on any atom is 0.267 e. The number of carbonyl (C=O) groups is 1. The summed E-state index contributed by atoms with van der Waals surface area (Å²) in [6.07, 6.45) is 7.48. The van der Waals surface area contributed by atoms with E-state index in [0.29, 0.717) is 5.69 Å². The Morgan fingerprint density at radius 2 is 2.20 bits per heavy atom. The van der Waals surface area contributed by atoms with Crippen molar-refractivity contribution >= 4 is 15.9 Å².